The van der Waals surface area contributed by atoms with Crippen LogP contribution < -0.4 is 14.8 Å². The molecule has 1 fully saturated rings. The summed E-state index contributed by atoms with van der Waals surface area (Å²) in [5.41, 5.74) is 0.704. The second-order valence-electron chi connectivity index (χ2n) is 5.21. The van der Waals surface area contributed by atoms with Crippen molar-refractivity contribution in [2.45, 2.75) is 38.2 Å². The predicted octanol–water partition coefficient (Wildman–Crippen LogP) is 3.25. The summed E-state index contributed by atoms with van der Waals surface area (Å²) in [5, 5.41) is 3.25. The van der Waals surface area contributed by atoms with Crippen molar-refractivity contribution < 1.29 is 27.4 Å². The van der Waals surface area contributed by atoms with Crippen LogP contribution in [0.3, 0.4) is 0 Å². The molecular weight excluding hydrogens is 299 g/mol. The topological polar surface area (TPSA) is 39.7 Å². The molecule has 0 unspecified atom stereocenters. The fraction of sp³-hybridized carbons (Fsp3) is 0.600. The smallest absolute Gasteiger partial charge is 0.493 e. The van der Waals surface area contributed by atoms with Gasteiger partial charge in [0.2, 0.25) is 0 Å². The molecule has 0 aromatic heterocycles. The fourth-order valence-corrected chi connectivity index (χ4v) is 1.95. The van der Waals surface area contributed by atoms with Crippen molar-refractivity contribution in [2.75, 3.05) is 20.3 Å². The zero-order chi connectivity index (χ0) is 16.0. The number of benzene rings is 1. The van der Waals surface area contributed by atoms with E-state index in [-0.39, 0.29) is 5.75 Å². The Hall–Kier alpha value is -1.47. The van der Waals surface area contributed by atoms with Crippen LogP contribution in [0.1, 0.15) is 24.8 Å². The molecule has 1 aromatic carbocycles. The van der Waals surface area contributed by atoms with Crippen LogP contribution in [0.15, 0.2) is 18.2 Å². The highest BCUT2D eigenvalue weighted by molar-refractivity contribution is 5.38. The lowest BCUT2D eigenvalue weighted by molar-refractivity contribution is -0.274. The van der Waals surface area contributed by atoms with Crippen LogP contribution in [-0.4, -0.2) is 32.7 Å². The highest BCUT2D eigenvalue weighted by Gasteiger charge is 2.31. The monoisotopic (exact) mass is 319 g/mol. The van der Waals surface area contributed by atoms with E-state index in [2.05, 4.69) is 10.1 Å². The van der Waals surface area contributed by atoms with E-state index in [1.54, 1.807) is 13.2 Å². The average molecular weight is 319 g/mol. The molecule has 22 heavy (non-hydrogen) atoms. The third kappa shape index (κ3) is 6.53. The van der Waals surface area contributed by atoms with Crippen molar-refractivity contribution in [3.63, 3.8) is 0 Å². The minimum Gasteiger partial charge on any atom is -0.493 e. The van der Waals surface area contributed by atoms with Crippen molar-refractivity contribution in [1.82, 2.24) is 5.32 Å². The van der Waals surface area contributed by atoms with Crippen LogP contribution >= 0.6 is 0 Å². The summed E-state index contributed by atoms with van der Waals surface area (Å²) in [6.07, 6.45) is -1.83. The first-order valence-electron chi connectivity index (χ1n) is 7.21. The Kier molecular flexibility index (Phi) is 5.90. The van der Waals surface area contributed by atoms with Gasteiger partial charge in [0.05, 0.1) is 6.61 Å². The zero-order valence-electron chi connectivity index (χ0n) is 12.4. The molecule has 1 aliphatic carbocycles. The first-order chi connectivity index (χ1) is 10.5. The summed E-state index contributed by atoms with van der Waals surface area (Å²) >= 11 is 0. The lowest BCUT2D eigenvalue weighted by Crippen LogP contribution is -2.18. The summed E-state index contributed by atoms with van der Waals surface area (Å²) in [7, 11) is 1.58. The van der Waals surface area contributed by atoms with Crippen molar-refractivity contribution in [1.29, 1.82) is 0 Å². The van der Waals surface area contributed by atoms with Crippen LogP contribution in [-0.2, 0) is 11.3 Å². The standard InChI is InChI=1S/C15H20F3NO3/c1-20-5-2-6-21-13-7-11(10-19-12-3-4-12)8-14(9-13)22-15(16,17)18/h7-9,12,19H,2-6,10H2,1H3. The molecule has 0 aliphatic heterocycles. The first kappa shape index (κ1) is 16.9. The van der Waals surface area contributed by atoms with Gasteiger partial charge in [-0.1, -0.05) is 0 Å². The van der Waals surface area contributed by atoms with Gasteiger partial charge in [0.15, 0.2) is 0 Å². The number of hydrogen-bond acceptors (Lipinski definition) is 4. The van der Waals surface area contributed by atoms with Gasteiger partial charge < -0.3 is 19.5 Å². The van der Waals surface area contributed by atoms with E-state index >= 15 is 0 Å². The maximum Gasteiger partial charge on any atom is 0.573 e. The summed E-state index contributed by atoms with van der Waals surface area (Å²) in [6.45, 7) is 1.40. The number of alkyl halides is 3. The van der Waals surface area contributed by atoms with Gasteiger partial charge in [-0.3, -0.25) is 0 Å². The normalized spacial score (nSPS) is 14.9. The SMILES string of the molecule is COCCCOc1cc(CNC2CC2)cc(OC(F)(F)F)c1. The molecule has 124 valence electrons. The fourth-order valence-electron chi connectivity index (χ4n) is 1.95. The maximum atomic E-state index is 12.4. The number of hydrogen-bond donors (Lipinski definition) is 1. The molecule has 0 saturated heterocycles. The maximum absolute atomic E-state index is 12.4. The largest absolute Gasteiger partial charge is 0.573 e. The van der Waals surface area contributed by atoms with Gasteiger partial charge in [0, 0.05) is 38.8 Å². The molecular formula is C15H20F3NO3. The van der Waals surface area contributed by atoms with Gasteiger partial charge in [-0.25, -0.2) is 0 Å². The highest BCUT2D eigenvalue weighted by Crippen LogP contribution is 2.29. The molecule has 1 N–H and O–H groups in total. The third-order valence-corrected chi connectivity index (χ3v) is 3.11. The first-order valence-corrected chi connectivity index (χ1v) is 7.21. The molecule has 1 aliphatic rings. The van der Waals surface area contributed by atoms with Gasteiger partial charge >= 0.3 is 6.36 Å². The van der Waals surface area contributed by atoms with Crippen LogP contribution in [0.5, 0.6) is 11.5 Å². The Labute approximate surface area is 127 Å². The van der Waals surface area contributed by atoms with E-state index in [1.807, 2.05) is 0 Å². The molecule has 0 radical (unpaired) electrons. The van der Waals surface area contributed by atoms with Gasteiger partial charge in [-0.15, -0.1) is 13.2 Å². The Morgan fingerprint density at radius 2 is 1.86 bits per heavy atom. The van der Waals surface area contributed by atoms with E-state index in [9.17, 15) is 13.2 Å². The molecule has 1 saturated carbocycles. The minimum absolute atomic E-state index is 0.260. The van der Waals surface area contributed by atoms with E-state index in [0.717, 1.165) is 12.8 Å². The number of halogens is 3. The average Bonchev–Trinajstić information content (AvgIpc) is 3.23. The molecule has 0 amide bonds. The Balaban J connectivity index is 2.00. The van der Waals surface area contributed by atoms with E-state index in [4.69, 9.17) is 9.47 Å². The van der Waals surface area contributed by atoms with Gasteiger partial charge in [0.1, 0.15) is 11.5 Å². The Bertz CT molecular complexity index is 476. The van der Waals surface area contributed by atoms with E-state index in [0.29, 0.717) is 43.5 Å². The van der Waals surface area contributed by atoms with Gasteiger partial charge in [-0.05, 0) is 30.5 Å². The lowest BCUT2D eigenvalue weighted by Gasteiger charge is -2.14. The van der Waals surface area contributed by atoms with Gasteiger partial charge in [0.25, 0.3) is 0 Å². The summed E-state index contributed by atoms with van der Waals surface area (Å²) < 4.78 is 51.5. The van der Waals surface area contributed by atoms with Crippen molar-refractivity contribution >= 4 is 0 Å². The second-order valence-corrected chi connectivity index (χ2v) is 5.21. The minimum atomic E-state index is -4.71. The lowest BCUT2D eigenvalue weighted by atomic mass is 10.2. The quantitative estimate of drug-likeness (QED) is 0.709. The summed E-state index contributed by atoms with van der Waals surface area (Å²) in [5.74, 6) is 0.106. The summed E-state index contributed by atoms with van der Waals surface area (Å²) in [6, 6.07) is 4.83. The van der Waals surface area contributed by atoms with Gasteiger partial charge in [-0.2, -0.15) is 0 Å². The predicted molar refractivity (Wildman–Crippen MR) is 75.0 cm³/mol. The number of methoxy groups -OCH3 is 1. The highest BCUT2D eigenvalue weighted by atomic mass is 19.4. The van der Waals surface area contributed by atoms with Crippen molar-refractivity contribution in [2.24, 2.45) is 0 Å². The Morgan fingerprint density at radius 1 is 1.14 bits per heavy atom. The number of ether oxygens (including phenoxy) is 3. The Morgan fingerprint density at radius 3 is 2.50 bits per heavy atom. The molecule has 1 aromatic rings. The van der Waals surface area contributed by atoms with Crippen LogP contribution in [0.4, 0.5) is 13.2 Å². The van der Waals surface area contributed by atoms with Crippen LogP contribution in [0.2, 0.25) is 0 Å². The molecule has 0 heterocycles. The molecule has 4 nitrogen and oxygen atoms in total. The molecule has 0 bridgehead atoms. The van der Waals surface area contributed by atoms with E-state index < -0.39 is 6.36 Å². The van der Waals surface area contributed by atoms with E-state index in [1.165, 1.54) is 12.1 Å². The van der Waals surface area contributed by atoms with Crippen LogP contribution in [0, 0.1) is 0 Å². The zero-order valence-corrected chi connectivity index (χ0v) is 12.4. The second kappa shape index (κ2) is 7.69. The van der Waals surface area contributed by atoms with Crippen molar-refractivity contribution in [3.8, 4) is 11.5 Å². The third-order valence-electron chi connectivity index (χ3n) is 3.11. The number of rotatable bonds is 9. The molecule has 0 spiro atoms. The number of nitrogens with one attached hydrogen (secondary N) is 1. The van der Waals surface area contributed by atoms with Crippen LogP contribution in [0.25, 0.3) is 0 Å². The molecule has 7 heteroatoms. The van der Waals surface area contributed by atoms with Crippen molar-refractivity contribution in [3.05, 3.63) is 23.8 Å². The summed E-state index contributed by atoms with van der Waals surface area (Å²) in [4.78, 5) is 0. The molecule has 2 rings (SSSR count). The molecule has 0 atom stereocenters.